The predicted molar refractivity (Wildman–Crippen MR) is 80.5 cm³/mol. The van der Waals surface area contributed by atoms with Gasteiger partial charge in [0, 0.05) is 10.6 Å². The molecule has 0 atom stereocenters. The Morgan fingerprint density at radius 1 is 1.19 bits per heavy atom. The number of ether oxygens (including phenoxy) is 2. The molecule has 0 bridgehead atoms. The van der Waals surface area contributed by atoms with Crippen LogP contribution in [0.1, 0.15) is 21.5 Å². The number of hydrogen-bond acceptors (Lipinski definition) is 3. The first-order chi connectivity index (χ1) is 10.0. The number of hydrogen-bond donors (Lipinski definition) is 1. The topological polar surface area (TPSA) is 55.8 Å². The molecule has 4 nitrogen and oxygen atoms in total. The highest BCUT2D eigenvalue weighted by Crippen LogP contribution is 2.25. The van der Waals surface area contributed by atoms with Gasteiger partial charge in [-0.05, 0) is 48.9 Å². The van der Waals surface area contributed by atoms with Gasteiger partial charge in [0.15, 0.2) is 0 Å². The van der Waals surface area contributed by atoms with Crippen molar-refractivity contribution in [3.63, 3.8) is 0 Å². The highest BCUT2D eigenvalue weighted by atomic mass is 35.5. The van der Waals surface area contributed by atoms with Crippen molar-refractivity contribution < 1.29 is 19.4 Å². The summed E-state index contributed by atoms with van der Waals surface area (Å²) in [5.74, 6) is 0.301. The molecule has 2 rings (SSSR count). The molecule has 0 saturated heterocycles. The molecular weight excluding hydrogens is 292 g/mol. The lowest BCUT2D eigenvalue weighted by atomic mass is 10.1. The lowest BCUT2D eigenvalue weighted by Gasteiger charge is -2.12. The lowest BCUT2D eigenvalue weighted by Crippen LogP contribution is -2.03. The molecule has 0 aliphatic carbocycles. The van der Waals surface area contributed by atoms with E-state index in [1.54, 1.807) is 24.3 Å². The largest absolute Gasteiger partial charge is 0.496 e. The van der Waals surface area contributed by atoms with E-state index in [0.717, 1.165) is 5.56 Å². The van der Waals surface area contributed by atoms with Gasteiger partial charge < -0.3 is 14.6 Å². The number of rotatable bonds is 5. The molecule has 0 aromatic heterocycles. The Morgan fingerprint density at radius 2 is 1.90 bits per heavy atom. The predicted octanol–water partition coefficient (Wildman–Crippen LogP) is 3.93. The van der Waals surface area contributed by atoms with Crippen LogP contribution in [-0.4, -0.2) is 18.2 Å². The first-order valence-corrected chi connectivity index (χ1v) is 6.68. The van der Waals surface area contributed by atoms with Crippen LogP contribution in [0.3, 0.4) is 0 Å². The second-order valence-electron chi connectivity index (χ2n) is 4.53. The maximum absolute atomic E-state index is 11.0. The van der Waals surface area contributed by atoms with Crippen LogP contribution in [0.4, 0.5) is 0 Å². The fourth-order valence-electron chi connectivity index (χ4n) is 1.95. The van der Waals surface area contributed by atoms with Gasteiger partial charge in [-0.1, -0.05) is 11.6 Å². The molecule has 0 unspecified atom stereocenters. The number of carbonyl (C=O) groups is 1. The number of carboxylic acids is 1. The average Bonchev–Trinajstić information content (AvgIpc) is 2.46. The van der Waals surface area contributed by atoms with Crippen LogP contribution < -0.4 is 9.47 Å². The quantitative estimate of drug-likeness (QED) is 0.909. The zero-order valence-corrected chi connectivity index (χ0v) is 12.5. The summed E-state index contributed by atoms with van der Waals surface area (Å²) in [6.45, 7) is 2.11. The fourth-order valence-corrected chi connectivity index (χ4v) is 2.18. The molecule has 110 valence electrons. The van der Waals surface area contributed by atoms with Crippen LogP contribution >= 0.6 is 11.6 Å². The number of aryl methyl sites for hydroxylation is 1. The van der Waals surface area contributed by atoms with E-state index in [4.69, 9.17) is 26.2 Å². The van der Waals surface area contributed by atoms with Crippen molar-refractivity contribution >= 4 is 17.6 Å². The Balaban J connectivity index is 2.22. The van der Waals surface area contributed by atoms with Gasteiger partial charge in [0.2, 0.25) is 0 Å². The molecule has 0 saturated carbocycles. The van der Waals surface area contributed by atoms with Gasteiger partial charge in [-0.3, -0.25) is 0 Å². The standard InChI is InChI=1S/C16H15ClO4/c1-10-7-13(17)4-6-14(10)21-9-12-8-11(16(18)19)3-5-15(12)20-2/h3-8H,9H2,1-2H3,(H,18,19). The summed E-state index contributed by atoms with van der Waals surface area (Å²) in [6, 6.07) is 10.0. The number of halogens is 1. The molecule has 0 aliphatic heterocycles. The van der Waals surface area contributed by atoms with Gasteiger partial charge >= 0.3 is 5.97 Å². The number of benzene rings is 2. The molecule has 5 heteroatoms. The fraction of sp³-hybridized carbons (Fsp3) is 0.188. The molecule has 0 spiro atoms. The van der Waals surface area contributed by atoms with Gasteiger partial charge in [0.05, 0.1) is 12.7 Å². The van der Waals surface area contributed by atoms with E-state index >= 15 is 0 Å². The van der Waals surface area contributed by atoms with Crippen LogP contribution in [0.2, 0.25) is 5.02 Å². The van der Waals surface area contributed by atoms with Gasteiger partial charge in [-0.2, -0.15) is 0 Å². The van der Waals surface area contributed by atoms with Crippen LogP contribution in [0.25, 0.3) is 0 Å². The highest BCUT2D eigenvalue weighted by molar-refractivity contribution is 6.30. The van der Waals surface area contributed by atoms with E-state index in [1.807, 2.05) is 13.0 Å². The van der Waals surface area contributed by atoms with Gasteiger partial charge in [0.1, 0.15) is 18.1 Å². The molecule has 0 radical (unpaired) electrons. The first kappa shape index (κ1) is 15.2. The number of carboxylic acid groups (broad SMARTS) is 1. The monoisotopic (exact) mass is 306 g/mol. The smallest absolute Gasteiger partial charge is 0.335 e. The zero-order valence-electron chi connectivity index (χ0n) is 11.7. The van der Waals surface area contributed by atoms with E-state index in [2.05, 4.69) is 0 Å². The van der Waals surface area contributed by atoms with E-state index in [9.17, 15) is 4.79 Å². The third-order valence-electron chi connectivity index (χ3n) is 3.05. The molecule has 0 amide bonds. The highest BCUT2D eigenvalue weighted by Gasteiger charge is 2.10. The Labute approximate surface area is 127 Å². The van der Waals surface area contributed by atoms with Crippen molar-refractivity contribution in [3.8, 4) is 11.5 Å². The zero-order chi connectivity index (χ0) is 15.4. The molecule has 1 N–H and O–H groups in total. The van der Waals surface area contributed by atoms with E-state index in [-0.39, 0.29) is 12.2 Å². The number of methoxy groups -OCH3 is 1. The van der Waals surface area contributed by atoms with Gasteiger partial charge in [0.25, 0.3) is 0 Å². The van der Waals surface area contributed by atoms with E-state index in [1.165, 1.54) is 13.2 Å². The van der Waals surface area contributed by atoms with Crippen LogP contribution in [0.15, 0.2) is 36.4 Å². The Hall–Kier alpha value is -2.20. The van der Waals surface area contributed by atoms with Crippen molar-refractivity contribution in [2.75, 3.05) is 7.11 Å². The van der Waals surface area contributed by atoms with Crippen molar-refractivity contribution in [2.45, 2.75) is 13.5 Å². The van der Waals surface area contributed by atoms with Crippen molar-refractivity contribution in [3.05, 3.63) is 58.1 Å². The minimum absolute atomic E-state index is 0.197. The summed E-state index contributed by atoms with van der Waals surface area (Å²) < 4.78 is 10.9. The minimum atomic E-state index is -0.985. The van der Waals surface area contributed by atoms with Crippen LogP contribution in [0, 0.1) is 6.92 Å². The molecular formula is C16H15ClO4. The maximum Gasteiger partial charge on any atom is 0.335 e. The Bertz CT molecular complexity index is 667. The molecule has 0 fully saturated rings. The third-order valence-corrected chi connectivity index (χ3v) is 3.28. The lowest BCUT2D eigenvalue weighted by molar-refractivity contribution is 0.0696. The normalized spacial score (nSPS) is 10.2. The minimum Gasteiger partial charge on any atom is -0.496 e. The first-order valence-electron chi connectivity index (χ1n) is 6.30. The van der Waals surface area contributed by atoms with Crippen LogP contribution in [-0.2, 0) is 6.61 Å². The van der Waals surface area contributed by atoms with Crippen LogP contribution in [0.5, 0.6) is 11.5 Å². The second kappa shape index (κ2) is 6.50. The van der Waals surface area contributed by atoms with Crippen molar-refractivity contribution in [1.82, 2.24) is 0 Å². The summed E-state index contributed by atoms with van der Waals surface area (Å²) in [6.07, 6.45) is 0. The van der Waals surface area contributed by atoms with E-state index in [0.29, 0.717) is 22.1 Å². The molecule has 21 heavy (non-hydrogen) atoms. The molecule has 0 aliphatic rings. The number of aromatic carboxylic acids is 1. The summed E-state index contributed by atoms with van der Waals surface area (Å²) in [4.78, 5) is 11.0. The maximum atomic E-state index is 11.0. The summed E-state index contributed by atoms with van der Waals surface area (Å²) >= 11 is 5.90. The van der Waals surface area contributed by atoms with E-state index < -0.39 is 5.97 Å². The van der Waals surface area contributed by atoms with Gasteiger partial charge in [-0.15, -0.1) is 0 Å². The second-order valence-corrected chi connectivity index (χ2v) is 4.97. The molecule has 0 heterocycles. The van der Waals surface area contributed by atoms with Gasteiger partial charge in [-0.25, -0.2) is 4.79 Å². The SMILES string of the molecule is COc1ccc(C(=O)O)cc1COc1ccc(Cl)cc1C. The van der Waals surface area contributed by atoms with Crippen molar-refractivity contribution in [2.24, 2.45) is 0 Å². The molecule has 2 aromatic carbocycles. The average molecular weight is 307 g/mol. The Kier molecular flexibility index (Phi) is 4.70. The summed E-state index contributed by atoms with van der Waals surface area (Å²) in [5, 5.41) is 9.68. The summed E-state index contributed by atoms with van der Waals surface area (Å²) in [7, 11) is 1.53. The Morgan fingerprint density at radius 3 is 2.52 bits per heavy atom. The third kappa shape index (κ3) is 3.67. The summed E-state index contributed by atoms with van der Waals surface area (Å²) in [5.41, 5.74) is 1.78. The molecule has 2 aromatic rings. The van der Waals surface area contributed by atoms with Crippen molar-refractivity contribution in [1.29, 1.82) is 0 Å².